The second-order valence-corrected chi connectivity index (χ2v) is 6.16. The second kappa shape index (κ2) is 8.35. The molecule has 0 bridgehead atoms. The highest BCUT2D eigenvalue weighted by atomic mass is 15.3. The molecule has 0 amide bonds. The van der Waals surface area contributed by atoms with Crippen molar-refractivity contribution in [2.24, 2.45) is 5.41 Å². The first-order chi connectivity index (χ1) is 9.72. The van der Waals surface area contributed by atoms with Crippen LogP contribution in [0, 0.1) is 5.41 Å². The van der Waals surface area contributed by atoms with Crippen LogP contribution < -0.4 is 5.32 Å². The van der Waals surface area contributed by atoms with E-state index in [2.05, 4.69) is 29.0 Å². The Kier molecular flexibility index (Phi) is 7.49. The van der Waals surface area contributed by atoms with Gasteiger partial charge in [-0.2, -0.15) is 0 Å². The van der Waals surface area contributed by atoms with Crippen LogP contribution in [0.15, 0.2) is 0 Å². The smallest absolute Gasteiger partial charge is 0.0207 e. The van der Waals surface area contributed by atoms with E-state index in [1.165, 1.54) is 52.1 Å². The molecule has 3 heteroatoms. The summed E-state index contributed by atoms with van der Waals surface area (Å²) < 4.78 is 0. The molecular formula is C17H37N3. The molecule has 3 heterocycles. The third kappa shape index (κ3) is 3.75. The van der Waals surface area contributed by atoms with E-state index in [0.717, 1.165) is 12.1 Å². The molecule has 0 aromatic rings. The highest BCUT2D eigenvalue weighted by Gasteiger charge is 2.49. The molecule has 1 spiro atoms. The summed E-state index contributed by atoms with van der Waals surface area (Å²) in [5, 5.41) is 3.42. The van der Waals surface area contributed by atoms with Gasteiger partial charge in [0.25, 0.3) is 0 Å². The van der Waals surface area contributed by atoms with Gasteiger partial charge in [-0.1, -0.05) is 34.6 Å². The summed E-state index contributed by atoms with van der Waals surface area (Å²) in [6.07, 6.45) is 2.78. The molecule has 3 rings (SSSR count). The van der Waals surface area contributed by atoms with Crippen molar-refractivity contribution in [1.29, 1.82) is 0 Å². The van der Waals surface area contributed by atoms with Crippen LogP contribution in [0.25, 0.3) is 0 Å². The first-order valence-electron chi connectivity index (χ1n) is 8.91. The van der Waals surface area contributed by atoms with Crippen molar-refractivity contribution in [3.05, 3.63) is 0 Å². The molecule has 0 radical (unpaired) electrons. The number of rotatable bonds is 2. The van der Waals surface area contributed by atoms with Crippen LogP contribution in [-0.2, 0) is 0 Å². The van der Waals surface area contributed by atoms with E-state index in [-0.39, 0.29) is 0 Å². The number of nitrogens with one attached hydrogen (secondary N) is 1. The molecule has 0 aromatic carbocycles. The zero-order valence-corrected chi connectivity index (χ0v) is 14.7. The first kappa shape index (κ1) is 17.9. The maximum atomic E-state index is 3.42. The lowest BCUT2D eigenvalue weighted by atomic mass is 9.73. The summed E-state index contributed by atoms with van der Waals surface area (Å²) in [5.74, 6) is 0. The minimum Gasteiger partial charge on any atom is -0.315 e. The quantitative estimate of drug-likeness (QED) is 0.841. The van der Waals surface area contributed by atoms with E-state index < -0.39 is 0 Å². The van der Waals surface area contributed by atoms with E-state index >= 15 is 0 Å². The van der Waals surface area contributed by atoms with E-state index in [4.69, 9.17) is 0 Å². The SMILES string of the molecule is CC.CC.CCN1CCC(N2CC3(CNC3)C2)C[C@@H]1C. The van der Waals surface area contributed by atoms with Gasteiger partial charge in [-0.25, -0.2) is 0 Å². The zero-order chi connectivity index (χ0) is 15.2. The van der Waals surface area contributed by atoms with Gasteiger partial charge in [0.1, 0.15) is 0 Å². The van der Waals surface area contributed by atoms with Crippen molar-refractivity contribution in [2.45, 2.75) is 66.5 Å². The number of hydrogen-bond donors (Lipinski definition) is 1. The Hall–Kier alpha value is -0.120. The van der Waals surface area contributed by atoms with Gasteiger partial charge in [-0.05, 0) is 32.9 Å². The van der Waals surface area contributed by atoms with Crippen molar-refractivity contribution in [3.8, 4) is 0 Å². The summed E-state index contributed by atoms with van der Waals surface area (Å²) in [4.78, 5) is 5.36. The minimum absolute atomic E-state index is 0.700. The maximum absolute atomic E-state index is 3.42. The number of hydrogen-bond acceptors (Lipinski definition) is 3. The average Bonchev–Trinajstić information content (AvgIpc) is 2.40. The van der Waals surface area contributed by atoms with E-state index in [1.54, 1.807) is 0 Å². The average molecular weight is 284 g/mol. The van der Waals surface area contributed by atoms with Crippen LogP contribution in [0.3, 0.4) is 0 Å². The first-order valence-corrected chi connectivity index (χ1v) is 8.91. The fourth-order valence-corrected chi connectivity index (χ4v) is 3.77. The Morgan fingerprint density at radius 1 is 1.10 bits per heavy atom. The molecule has 0 aromatic heterocycles. The van der Waals surface area contributed by atoms with Crippen LogP contribution in [0.2, 0.25) is 0 Å². The molecule has 1 N–H and O–H groups in total. The number of nitrogens with zero attached hydrogens (tertiary/aromatic N) is 2. The Bertz CT molecular complexity index is 255. The molecule has 3 nitrogen and oxygen atoms in total. The fraction of sp³-hybridized carbons (Fsp3) is 1.00. The van der Waals surface area contributed by atoms with Gasteiger partial charge >= 0.3 is 0 Å². The summed E-state index contributed by atoms with van der Waals surface area (Å²) in [5.41, 5.74) is 0.700. The molecule has 20 heavy (non-hydrogen) atoms. The van der Waals surface area contributed by atoms with Crippen molar-refractivity contribution >= 4 is 0 Å². The highest BCUT2D eigenvalue weighted by molar-refractivity contribution is 5.06. The lowest BCUT2D eigenvalue weighted by molar-refractivity contribution is -0.0819. The van der Waals surface area contributed by atoms with Gasteiger partial charge in [0.15, 0.2) is 0 Å². The van der Waals surface area contributed by atoms with Crippen LogP contribution >= 0.6 is 0 Å². The van der Waals surface area contributed by atoms with Gasteiger partial charge in [0, 0.05) is 43.7 Å². The van der Waals surface area contributed by atoms with Gasteiger partial charge < -0.3 is 10.2 Å². The Balaban J connectivity index is 0.000000461. The highest BCUT2D eigenvalue weighted by Crippen LogP contribution is 2.37. The summed E-state index contributed by atoms with van der Waals surface area (Å²) in [7, 11) is 0. The third-order valence-electron chi connectivity index (χ3n) is 4.99. The van der Waals surface area contributed by atoms with Gasteiger partial charge in [-0.3, -0.25) is 4.90 Å². The molecule has 3 aliphatic rings. The van der Waals surface area contributed by atoms with Crippen molar-refractivity contribution in [2.75, 3.05) is 39.3 Å². The van der Waals surface area contributed by atoms with Crippen LogP contribution in [0.5, 0.6) is 0 Å². The lowest BCUT2D eigenvalue weighted by Gasteiger charge is -2.59. The Labute approximate surface area is 127 Å². The Morgan fingerprint density at radius 2 is 1.70 bits per heavy atom. The molecule has 3 aliphatic heterocycles. The third-order valence-corrected chi connectivity index (χ3v) is 4.99. The molecular weight excluding hydrogens is 246 g/mol. The largest absolute Gasteiger partial charge is 0.315 e. The predicted octanol–water partition coefficient (Wildman–Crippen LogP) is 2.82. The topological polar surface area (TPSA) is 18.5 Å². The van der Waals surface area contributed by atoms with E-state index in [0.29, 0.717) is 5.41 Å². The molecule has 0 saturated carbocycles. The molecule has 3 fully saturated rings. The predicted molar refractivity (Wildman–Crippen MR) is 89.3 cm³/mol. The minimum atomic E-state index is 0.700. The normalized spacial score (nSPS) is 32.1. The molecule has 120 valence electrons. The lowest BCUT2D eigenvalue weighted by Crippen LogP contribution is -2.73. The fourth-order valence-electron chi connectivity index (χ4n) is 3.77. The number of piperidine rings is 1. The van der Waals surface area contributed by atoms with Crippen LogP contribution in [0.4, 0.5) is 0 Å². The molecule has 0 aliphatic carbocycles. The van der Waals surface area contributed by atoms with Crippen molar-refractivity contribution in [3.63, 3.8) is 0 Å². The van der Waals surface area contributed by atoms with Crippen molar-refractivity contribution in [1.82, 2.24) is 15.1 Å². The van der Waals surface area contributed by atoms with Crippen LogP contribution in [-0.4, -0.2) is 61.2 Å². The molecule has 3 saturated heterocycles. The van der Waals surface area contributed by atoms with Crippen LogP contribution in [0.1, 0.15) is 54.4 Å². The van der Waals surface area contributed by atoms with Gasteiger partial charge in [0.05, 0.1) is 0 Å². The van der Waals surface area contributed by atoms with Crippen molar-refractivity contribution < 1.29 is 0 Å². The molecule has 2 atom stereocenters. The number of likely N-dealkylation sites (tertiary alicyclic amines) is 2. The maximum Gasteiger partial charge on any atom is 0.0207 e. The molecule has 1 unspecified atom stereocenters. The van der Waals surface area contributed by atoms with Gasteiger partial charge in [-0.15, -0.1) is 0 Å². The summed E-state index contributed by atoms with van der Waals surface area (Å²) in [6.45, 7) is 20.5. The van der Waals surface area contributed by atoms with Gasteiger partial charge in [0.2, 0.25) is 0 Å². The Morgan fingerprint density at radius 3 is 2.10 bits per heavy atom. The summed E-state index contributed by atoms with van der Waals surface area (Å²) in [6, 6.07) is 1.67. The second-order valence-electron chi connectivity index (χ2n) is 6.16. The monoisotopic (exact) mass is 283 g/mol. The standard InChI is InChI=1S/C13H25N3.2C2H6/c1-3-15-5-4-12(6-11(15)2)16-9-13(10-16)7-14-8-13;2*1-2/h11-12,14H,3-10H2,1-2H3;2*1-2H3/t11-,12?;;/m0../s1. The summed E-state index contributed by atoms with van der Waals surface area (Å²) >= 11 is 0. The van der Waals surface area contributed by atoms with E-state index in [1.807, 2.05) is 27.7 Å². The van der Waals surface area contributed by atoms with E-state index in [9.17, 15) is 0 Å². The zero-order valence-electron chi connectivity index (χ0n) is 14.7.